The largest absolute Gasteiger partial charge is 0.481 e. The summed E-state index contributed by atoms with van der Waals surface area (Å²) in [5, 5.41) is 11.6. The molecular weight excluding hydrogens is 300 g/mol. The van der Waals surface area contributed by atoms with E-state index < -0.39 is 17.7 Å². The number of aromatic nitrogens is 2. The molecule has 2 N–H and O–H groups in total. The van der Waals surface area contributed by atoms with Gasteiger partial charge in [0.15, 0.2) is 0 Å². The number of carboxylic acid groups (broad SMARTS) is 1. The predicted octanol–water partition coefficient (Wildman–Crippen LogP) is 2.12. The highest BCUT2D eigenvalue weighted by Gasteiger charge is 2.25. The fraction of sp³-hybridized carbons (Fsp3) is 0.600. The van der Waals surface area contributed by atoms with Crippen molar-refractivity contribution in [2.75, 3.05) is 23.3 Å². The van der Waals surface area contributed by atoms with E-state index in [1.807, 2.05) is 4.90 Å². The molecule has 0 unspecified atom stereocenters. The van der Waals surface area contributed by atoms with E-state index in [1.165, 1.54) is 12.4 Å². The molecule has 1 aromatic heterocycles. The molecule has 1 aliphatic rings. The number of ether oxygens (including phenoxy) is 1. The second-order valence-electron chi connectivity index (χ2n) is 6.50. The second-order valence-corrected chi connectivity index (χ2v) is 6.50. The molecule has 1 aromatic rings. The molecule has 0 bridgehead atoms. The molecule has 2 rings (SSSR count). The molecule has 23 heavy (non-hydrogen) atoms. The molecule has 8 heteroatoms. The lowest BCUT2D eigenvalue weighted by Crippen LogP contribution is -2.37. The maximum Gasteiger partial charge on any atom is 0.412 e. The van der Waals surface area contributed by atoms with Crippen LogP contribution in [0.2, 0.25) is 0 Å². The van der Waals surface area contributed by atoms with Crippen LogP contribution in [0.1, 0.15) is 33.6 Å². The minimum atomic E-state index is -0.748. The van der Waals surface area contributed by atoms with Gasteiger partial charge in [0.1, 0.15) is 5.60 Å². The third-order valence-corrected chi connectivity index (χ3v) is 3.41. The monoisotopic (exact) mass is 322 g/mol. The van der Waals surface area contributed by atoms with Gasteiger partial charge in [-0.25, -0.2) is 14.8 Å². The Morgan fingerprint density at radius 3 is 2.30 bits per heavy atom. The molecule has 0 aliphatic carbocycles. The van der Waals surface area contributed by atoms with E-state index in [2.05, 4.69) is 15.3 Å². The van der Waals surface area contributed by atoms with E-state index in [4.69, 9.17) is 9.84 Å². The predicted molar refractivity (Wildman–Crippen MR) is 84.5 cm³/mol. The fourth-order valence-electron chi connectivity index (χ4n) is 2.30. The van der Waals surface area contributed by atoms with Crippen LogP contribution in [0.25, 0.3) is 0 Å². The fourth-order valence-corrected chi connectivity index (χ4v) is 2.30. The van der Waals surface area contributed by atoms with Gasteiger partial charge in [0.2, 0.25) is 5.95 Å². The zero-order valence-corrected chi connectivity index (χ0v) is 13.6. The molecule has 2 heterocycles. The summed E-state index contributed by atoms with van der Waals surface area (Å²) in [6, 6.07) is 0. The first-order chi connectivity index (χ1) is 10.7. The van der Waals surface area contributed by atoms with E-state index in [-0.39, 0.29) is 5.92 Å². The standard InChI is InChI=1S/C15H22N4O4/c1-15(2,3)23-14(22)18-11-8-16-13(17-9-11)19-6-4-10(5-7-19)12(20)21/h8-10H,4-7H2,1-3H3,(H,18,22)(H,20,21). The van der Waals surface area contributed by atoms with Crippen LogP contribution in [0.5, 0.6) is 0 Å². The Labute approximate surface area is 134 Å². The number of amides is 1. The summed E-state index contributed by atoms with van der Waals surface area (Å²) in [6.45, 7) is 6.57. The third kappa shape index (κ3) is 5.08. The van der Waals surface area contributed by atoms with E-state index in [0.717, 1.165) is 0 Å². The van der Waals surface area contributed by atoms with E-state index >= 15 is 0 Å². The van der Waals surface area contributed by atoms with Gasteiger partial charge < -0.3 is 14.7 Å². The van der Waals surface area contributed by atoms with Crippen LogP contribution < -0.4 is 10.2 Å². The zero-order valence-electron chi connectivity index (χ0n) is 13.6. The molecule has 1 saturated heterocycles. The number of aliphatic carboxylic acids is 1. The van der Waals surface area contributed by atoms with E-state index in [0.29, 0.717) is 37.6 Å². The maximum atomic E-state index is 11.7. The summed E-state index contributed by atoms with van der Waals surface area (Å²) in [4.78, 5) is 33.0. The van der Waals surface area contributed by atoms with Gasteiger partial charge in [0.25, 0.3) is 0 Å². The van der Waals surface area contributed by atoms with Gasteiger partial charge >= 0.3 is 12.1 Å². The highest BCUT2D eigenvalue weighted by molar-refractivity contribution is 5.84. The number of carbonyl (C=O) groups excluding carboxylic acids is 1. The van der Waals surface area contributed by atoms with Crippen LogP contribution in [-0.2, 0) is 9.53 Å². The van der Waals surface area contributed by atoms with Crippen LogP contribution in [0.15, 0.2) is 12.4 Å². The van der Waals surface area contributed by atoms with Gasteiger partial charge in [-0.3, -0.25) is 10.1 Å². The lowest BCUT2D eigenvalue weighted by atomic mass is 9.97. The molecule has 0 spiro atoms. The first-order valence-electron chi connectivity index (χ1n) is 7.54. The van der Waals surface area contributed by atoms with Crippen LogP contribution >= 0.6 is 0 Å². The minimum Gasteiger partial charge on any atom is -0.481 e. The highest BCUT2D eigenvalue weighted by Crippen LogP contribution is 2.21. The Kier molecular flexibility index (Phi) is 5.02. The van der Waals surface area contributed by atoms with Gasteiger partial charge in [-0.15, -0.1) is 0 Å². The summed E-state index contributed by atoms with van der Waals surface area (Å²) in [6.07, 6.45) is 3.62. The number of carboxylic acids is 1. The summed E-state index contributed by atoms with van der Waals surface area (Å²) >= 11 is 0. The highest BCUT2D eigenvalue weighted by atomic mass is 16.6. The molecule has 1 aliphatic heterocycles. The Balaban J connectivity index is 1.90. The summed E-state index contributed by atoms with van der Waals surface area (Å²) in [5.74, 6) is -0.509. The molecule has 1 amide bonds. The molecule has 8 nitrogen and oxygen atoms in total. The zero-order chi connectivity index (χ0) is 17.0. The number of hydrogen-bond acceptors (Lipinski definition) is 6. The summed E-state index contributed by atoms with van der Waals surface area (Å²) in [5.41, 5.74) is -0.122. The number of hydrogen-bond donors (Lipinski definition) is 2. The lowest BCUT2D eigenvalue weighted by Gasteiger charge is -2.30. The summed E-state index contributed by atoms with van der Waals surface area (Å²) < 4.78 is 5.15. The molecule has 0 radical (unpaired) electrons. The van der Waals surface area contributed by atoms with Gasteiger partial charge in [-0.2, -0.15) is 0 Å². The van der Waals surface area contributed by atoms with Crippen molar-refractivity contribution in [3.05, 3.63) is 12.4 Å². The Hall–Kier alpha value is -2.38. The van der Waals surface area contributed by atoms with E-state index in [1.54, 1.807) is 20.8 Å². The van der Waals surface area contributed by atoms with Crippen LogP contribution in [0.4, 0.5) is 16.4 Å². The molecule has 1 fully saturated rings. The van der Waals surface area contributed by atoms with Crippen molar-refractivity contribution in [2.24, 2.45) is 5.92 Å². The smallest absolute Gasteiger partial charge is 0.412 e. The SMILES string of the molecule is CC(C)(C)OC(=O)Nc1cnc(N2CCC(C(=O)O)CC2)nc1. The Morgan fingerprint density at radius 1 is 1.26 bits per heavy atom. The van der Waals surface area contributed by atoms with Gasteiger partial charge in [-0.05, 0) is 33.6 Å². The van der Waals surface area contributed by atoms with Crippen LogP contribution in [-0.4, -0.2) is 45.8 Å². The van der Waals surface area contributed by atoms with Crippen LogP contribution in [0.3, 0.4) is 0 Å². The number of anilines is 2. The Morgan fingerprint density at radius 2 is 1.83 bits per heavy atom. The van der Waals surface area contributed by atoms with Crippen molar-refractivity contribution in [1.82, 2.24) is 9.97 Å². The number of nitrogens with zero attached hydrogens (tertiary/aromatic N) is 3. The average molecular weight is 322 g/mol. The number of nitrogens with one attached hydrogen (secondary N) is 1. The average Bonchev–Trinajstić information content (AvgIpc) is 2.46. The quantitative estimate of drug-likeness (QED) is 0.878. The van der Waals surface area contributed by atoms with Crippen molar-refractivity contribution < 1.29 is 19.4 Å². The van der Waals surface area contributed by atoms with Crippen molar-refractivity contribution in [1.29, 1.82) is 0 Å². The third-order valence-electron chi connectivity index (χ3n) is 3.41. The molecule has 0 aromatic carbocycles. The van der Waals surface area contributed by atoms with Crippen molar-refractivity contribution in [3.63, 3.8) is 0 Å². The number of piperidine rings is 1. The van der Waals surface area contributed by atoms with Crippen molar-refractivity contribution in [3.8, 4) is 0 Å². The number of rotatable bonds is 3. The Bertz CT molecular complexity index is 560. The second kappa shape index (κ2) is 6.80. The topological polar surface area (TPSA) is 105 Å². The minimum absolute atomic E-state index is 0.292. The van der Waals surface area contributed by atoms with Gasteiger partial charge in [0, 0.05) is 13.1 Å². The van der Waals surface area contributed by atoms with Crippen molar-refractivity contribution >= 4 is 23.7 Å². The first-order valence-corrected chi connectivity index (χ1v) is 7.54. The maximum absolute atomic E-state index is 11.7. The van der Waals surface area contributed by atoms with Crippen LogP contribution in [0, 0.1) is 5.92 Å². The van der Waals surface area contributed by atoms with Gasteiger partial charge in [-0.1, -0.05) is 0 Å². The molecule has 0 atom stereocenters. The molecular formula is C15H22N4O4. The van der Waals surface area contributed by atoms with Crippen molar-refractivity contribution in [2.45, 2.75) is 39.2 Å². The van der Waals surface area contributed by atoms with Gasteiger partial charge in [0.05, 0.1) is 24.0 Å². The van der Waals surface area contributed by atoms with E-state index in [9.17, 15) is 9.59 Å². The normalized spacial score (nSPS) is 16.0. The molecule has 126 valence electrons. The number of carbonyl (C=O) groups is 2. The molecule has 0 saturated carbocycles. The lowest BCUT2D eigenvalue weighted by molar-refractivity contribution is -0.142. The first kappa shape index (κ1) is 17.0. The summed E-state index contributed by atoms with van der Waals surface area (Å²) in [7, 11) is 0.